The van der Waals surface area contributed by atoms with Gasteiger partial charge in [-0.15, -0.1) is 0 Å². The van der Waals surface area contributed by atoms with E-state index in [4.69, 9.17) is 4.74 Å². The summed E-state index contributed by atoms with van der Waals surface area (Å²) in [5.41, 5.74) is -2.01. The van der Waals surface area contributed by atoms with E-state index in [-0.39, 0.29) is 5.69 Å². The summed E-state index contributed by atoms with van der Waals surface area (Å²) in [6.07, 6.45) is -5.96. The maximum Gasteiger partial charge on any atom is 0.417 e. The number of carbonyl (C=O) groups is 1. The molecule has 7 heteroatoms. The third kappa shape index (κ3) is 3.86. The molecular formula is C13H16F3NO3. The van der Waals surface area contributed by atoms with Crippen LogP contribution in [-0.4, -0.2) is 29.9 Å². The molecule has 0 unspecified atom stereocenters. The van der Waals surface area contributed by atoms with Crippen LogP contribution in [0, 0.1) is 6.92 Å². The molecule has 0 bridgehead atoms. The van der Waals surface area contributed by atoms with Crippen LogP contribution < -0.4 is 10.1 Å². The lowest BCUT2D eigenvalue weighted by Gasteiger charge is -2.25. The minimum absolute atomic E-state index is 0.260. The number of benzene rings is 1. The van der Waals surface area contributed by atoms with E-state index in [9.17, 15) is 23.1 Å². The van der Waals surface area contributed by atoms with E-state index in [1.165, 1.54) is 7.11 Å². The predicted octanol–water partition coefficient (Wildman–Crippen LogP) is 2.65. The summed E-state index contributed by atoms with van der Waals surface area (Å²) in [4.78, 5) is 11.6. The van der Waals surface area contributed by atoms with Gasteiger partial charge in [-0.05, 0) is 31.5 Å². The van der Waals surface area contributed by atoms with E-state index >= 15 is 0 Å². The van der Waals surface area contributed by atoms with Gasteiger partial charge in [-0.2, -0.15) is 13.2 Å². The Bertz CT molecular complexity index is 498. The van der Waals surface area contributed by atoms with E-state index in [1.54, 1.807) is 25.1 Å². The van der Waals surface area contributed by atoms with Crippen molar-refractivity contribution in [2.75, 3.05) is 12.4 Å². The summed E-state index contributed by atoms with van der Waals surface area (Å²) < 4.78 is 42.5. The Balaban J connectivity index is 2.84. The zero-order chi connectivity index (χ0) is 15.6. The molecule has 20 heavy (non-hydrogen) atoms. The first-order valence-electron chi connectivity index (χ1n) is 5.80. The molecular weight excluding hydrogens is 275 g/mol. The second-order valence-electron chi connectivity index (χ2n) is 4.70. The Hall–Kier alpha value is -1.76. The van der Waals surface area contributed by atoms with Gasteiger partial charge in [0.2, 0.25) is 5.91 Å². The number of nitrogens with one attached hydrogen (secondary N) is 1. The second kappa shape index (κ2) is 5.70. The van der Waals surface area contributed by atoms with Crippen LogP contribution in [0.4, 0.5) is 18.9 Å². The van der Waals surface area contributed by atoms with Crippen LogP contribution >= 0.6 is 0 Å². The third-order valence-electron chi connectivity index (χ3n) is 2.74. The highest BCUT2D eigenvalue weighted by Gasteiger charge is 2.51. The molecule has 0 saturated heterocycles. The molecule has 0 fully saturated rings. The van der Waals surface area contributed by atoms with Gasteiger partial charge in [0.05, 0.1) is 19.2 Å². The molecule has 0 radical (unpaired) electrons. The number of methoxy groups -OCH3 is 1. The van der Waals surface area contributed by atoms with Crippen LogP contribution in [0.15, 0.2) is 18.2 Å². The Kier molecular flexibility index (Phi) is 4.65. The van der Waals surface area contributed by atoms with Gasteiger partial charge in [-0.1, -0.05) is 6.07 Å². The van der Waals surface area contributed by atoms with Crippen molar-refractivity contribution in [3.8, 4) is 5.75 Å². The smallest absolute Gasteiger partial charge is 0.417 e. The summed E-state index contributed by atoms with van der Waals surface area (Å²) in [6, 6.07) is 4.90. The van der Waals surface area contributed by atoms with Crippen molar-refractivity contribution < 1.29 is 27.8 Å². The third-order valence-corrected chi connectivity index (χ3v) is 2.74. The molecule has 112 valence electrons. The Morgan fingerprint density at radius 3 is 2.50 bits per heavy atom. The first-order chi connectivity index (χ1) is 9.06. The summed E-state index contributed by atoms with van der Waals surface area (Å²) in [7, 11) is 1.38. The quantitative estimate of drug-likeness (QED) is 0.896. The van der Waals surface area contributed by atoms with Crippen molar-refractivity contribution in [3.63, 3.8) is 0 Å². The van der Waals surface area contributed by atoms with Gasteiger partial charge in [0.1, 0.15) is 5.75 Å². The van der Waals surface area contributed by atoms with Crippen LogP contribution in [-0.2, 0) is 4.79 Å². The summed E-state index contributed by atoms with van der Waals surface area (Å²) >= 11 is 0. The summed E-state index contributed by atoms with van der Waals surface area (Å²) in [5, 5.41) is 11.6. The van der Waals surface area contributed by atoms with Gasteiger partial charge in [-0.3, -0.25) is 4.79 Å². The maximum atomic E-state index is 12.5. The minimum atomic E-state index is -4.87. The minimum Gasteiger partial charge on any atom is -0.495 e. The van der Waals surface area contributed by atoms with E-state index in [0.717, 1.165) is 5.56 Å². The number of hydrogen-bond acceptors (Lipinski definition) is 3. The number of alkyl halides is 3. The van der Waals surface area contributed by atoms with E-state index < -0.39 is 24.1 Å². The maximum absolute atomic E-state index is 12.5. The van der Waals surface area contributed by atoms with Gasteiger partial charge in [0.15, 0.2) is 5.60 Å². The van der Waals surface area contributed by atoms with Gasteiger partial charge < -0.3 is 15.2 Å². The van der Waals surface area contributed by atoms with Crippen molar-refractivity contribution in [3.05, 3.63) is 23.8 Å². The van der Waals surface area contributed by atoms with Crippen LogP contribution in [0.1, 0.15) is 18.9 Å². The Labute approximate surface area is 114 Å². The summed E-state index contributed by atoms with van der Waals surface area (Å²) in [6.45, 7) is 2.32. The number of halogens is 3. The molecule has 1 aromatic rings. The second-order valence-corrected chi connectivity index (χ2v) is 4.70. The highest BCUT2D eigenvalue weighted by molar-refractivity contribution is 5.93. The van der Waals surface area contributed by atoms with Gasteiger partial charge in [-0.25, -0.2) is 0 Å². The molecule has 0 aromatic heterocycles. The number of amides is 1. The Morgan fingerprint density at radius 2 is 2.00 bits per heavy atom. The van der Waals surface area contributed by atoms with Crippen LogP contribution in [0.5, 0.6) is 5.75 Å². The van der Waals surface area contributed by atoms with E-state index in [0.29, 0.717) is 12.7 Å². The largest absolute Gasteiger partial charge is 0.495 e. The lowest BCUT2D eigenvalue weighted by Crippen LogP contribution is -2.44. The SMILES string of the molecule is COc1ccc(C)cc1NC(=O)C[C@@](C)(O)C(F)(F)F. The number of aryl methyl sites for hydroxylation is 1. The fourth-order valence-electron chi connectivity index (χ4n) is 1.53. The molecule has 0 aliphatic carbocycles. The molecule has 1 rings (SSSR count). The highest BCUT2D eigenvalue weighted by Crippen LogP contribution is 2.33. The molecule has 0 aliphatic rings. The molecule has 0 saturated carbocycles. The van der Waals surface area contributed by atoms with Crippen molar-refractivity contribution in [2.24, 2.45) is 0 Å². The number of aliphatic hydroxyl groups is 1. The number of anilines is 1. The lowest BCUT2D eigenvalue weighted by molar-refractivity contribution is -0.252. The first-order valence-corrected chi connectivity index (χ1v) is 5.80. The number of carbonyl (C=O) groups excluding carboxylic acids is 1. The highest BCUT2D eigenvalue weighted by atomic mass is 19.4. The molecule has 1 aromatic carbocycles. The zero-order valence-electron chi connectivity index (χ0n) is 11.3. The van der Waals surface area contributed by atoms with E-state index in [2.05, 4.69) is 5.32 Å². The number of hydrogen-bond donors (Lipinski definition) is 2. The molecule has 1 atom stereocenters. The van der Waals surface area contributed by atoms with Crippen molar-refractivity contribution >= 4 is 11.6 Å². The van der Waals surface area contributed by atoms with Crippen LogP contribution in [0.2, 0.25) is 0 Å². The predicted molar refractivity (Wildman–Crippen MR) is 67.7 cm³/mol. The van der Waals surface area contributed by atoms with Crippen molar-refractivity contribution in [1.29, 1.82) is 0 Å². The number of ether oxygens (including phenoxy) is 1. The molecule has 0 spiro atoms. The van der Waals surface area contributed by atoms with Crippen LogP contribution in [0.25, 0.3) is 0 Å². The standard InChI is InChI=1S/C13H16F3NO3/c1-8-4-5-10(20-3)9(6-8)17-11(18)7-12(2,19)13(14,15)16/h4-6,19H,7H2,1-3H3,(H,17,18)/t12-/m1/s1. The molecule has 1 amide bonds. The van der Waals surface area contributed by atoms with Gasteiger partial charge in [0.25, 0.3) is 0 Å². The van der Waals surface area contributed by atoms with Gasteiger partial charge >= 0.3 is 6.18 Å². The lowest BCUT2D eigenvalue weighted by atomic mass is 10.0. The average Bonchev–Trinajstić information content (AvgIpc) is 2.26. The van der Waals surface area contributed by atoms with Crippen LogP contribution in [0.3, 0.4) is 0 Å². The normalized spacial score (nSPS) is 14.6. The molecule has 0 heterocycles. The zero-order valence-corrected chi connectivity index (χ0v) is 11.3. The molecule has 4 nitrogen and oxygen atoms in total. The summed E-state index contributed by atoms with van der Waals surface area (Å²) in [5.74, 6) is -0.619. The average molecular weight is 291 g/mol. The topological polar surface area (TPSA) is 58.6 Å². The number of rotatable bonds is 4. The fraction of sp³-hybridized carbons (Fsp3) is 0.462. The van der Waals surface area contributed by atoms with Crippen molar-refractivity contribution in [1.82, 2.24) is 0 Å². The Morgan fingerprint density at radius 1 is 1.40 bits per heavy atom. The monoisotopic (exact) mass is 291 g/mol. The first kappa shape index (κ1) is 16.3. The molecule has 0 aliphatic heterocycles. The van der Waals surface area contributed by atoms with E-state index in [1.807, 2.05) is 0 Å². The van der Waals surface area contributed by atoms with Crippen molar-refractivity contribution in [2.45, 2.75) is 32.0 Å². The van der Waals surface area contributed by atoms with Gasteiger partial charge in [0, 0.05) is 0 Å². The fourth-order valence-corrected chi connectivity index (χ4v) is 1.53. The molecule has 2 N–H and O–H groups in total.